The minimum Gasteiger partial charge on any atom is -0.388 e. The molecule has 1 aromatic heterocycles. The summed E-state index contributed by atoms with van der Waals surface area (Å²) in [6, 6.07) is 7.60. The molecule has 39 heavy (non-hydrogen) atoms. The molecule has 2 N–H and O–H groups in total. The molecule has 2 aromatic rings. The fourth-order valence-corrected chi connectivity index (χ4v) is 8.63. The molecule has 2 fully saturated rings. The van der Waals surface area contributed by atoms with E-state index in [4.69, 9.17) is 4.74 Å². The van der Waals surface area contributed by atoms with Crippen molar-refractivity contribution in [1.29, 1.82) is 0 Å². The second-order valence-electron chi connectivity index (χ2n) is 12.6. The van der Waals surface area contributed by atoms with Gasteiger partial charge in [0.25, 0.3) is 0 Å². The molecule has 1 saturated carbocycles. The molecule has 2 bridgehead atoms. The second kappa shape index (κ2) is 8.03. The van der Waals surface area contributed by atoms with Gasteiger partial charge in [0, 0.05) is 40.7 Å². The van der Waals surface area contributed by atoms with Crippen LogP contribution in [0.15, 0.2) is 65.5 Å². The Balaban J connectivity index is 1.39. The Hall–Kier alpha value is -2.52. The quantitative estimate of drug-likeness (QED) is 0.551. The van der Waals surface area contributed by atoms with Gasteiger partial charge in [-0.25, -0.2) is 0 Å². The maximum absolute atomic E-state index is 14.9. The lowest BCUT2D eigenvalue weighted by molar-refractivity contribution is -0.170. The van der Waals surface area contributed by atoms with Crippen molar-refractivity contribution in [2.75, 3.05) is 14.1 Å². The monoisotopic (exact) mass is 538 g/mol. The van der Waals surface area contributed by atoms with Crippen molar-refractivity contribution in [3.8, 4) is 0 Å². The maximum Gasteiger partial charge on any atom is 0.413 e. The smallest absolute Gasteiger partial charge is 0.388 e. The molecule has 3 aliphatic carbocycles. The molecule has 5 nitrogen and oxygen atoms in total. The predicted octanol–water partition coefficient (Wildman–Crippen LogP) is 5.19. The maximum atomic E-state index is 14.9. The Morgan fingerprint density at radius 1 is 1.10 bits per heavy atom. The van der Waals surface area contributed by atoms with Crippen LogP contribution in [0.3, 0.4) is 0 Å². The summed E-state index contributed by atoms with van der Waals surface area (Å²) in [5.41, 5.74) is -0.934. The molecule has 3 heterocycles. The van der Waals surface area contributed by atoms with Crippen molar-refractivity contribution in [1.82, 2.24) is 9.88 Å². The van der Waals surface area contributed by atoms with Gasteiger partial charge < -0.3 is 19.8 Å². The van der Waals surface area contributed by atoms with E-state index in [1.165, 1.54) is 0 Å². The number of aromatic nitrogens is 1. The number of aliphatic hydroxyl groups excluding tert-OH is 2. The average Bonchev–Trinajstić information content (AvgIpc) is 3.40. The number of benzene rings is 1. The highest BCUT2D eigenvalue weighted by Crippen LogP contribution is 2.70. The molecule has 0 radical (unpaired) electrons. The first-order valence-electron chi connectivity index (χ1n) is 13.7. The predicted molar refractivity (Wildman–Crippen MR) is 142 cm³/mol. The summed E-state index contributed by atoms with van der Waals surface area (Å²) < 4.78 is 51.6. The molecule has 206 valence electrons. The van der Waals surface area contributed by atoms with E-state index in [1.54, 1.807) is 18.5 Å². The first-order valence-corrected chi connectivity index (χ1v) is 13.7. The van der Waals surface area contributed by atoms with Crippen LogP contribution in [0, 0.1) is 11.3 Å². The molecule has 1 unspecified atom stereocenters. The van der Waals surface area contributed by atoms with Crippen LogP contribution in [0.5, 0.6) is 0 Å². The average molecular weight is 539 g/mol. The van der Waals surface area contributed by atoms with Crippen molar-refractivity contribution >= 4 is 16.3 Å². The van der Waals surface area contributed by atoms with Crippen molar-refractivity contribution in [2.45, 2.75) is 74.7 Å². The van der Waals surface area contributed by atoms with Crippen LogP contribution in [-0.4, -0.2) is 69.8 Å². The Morgan fingerprint density at radius 3 is 2.64 bits per heavy atom. The van der Waals surface area contributed by atoms with Crippen LogP contribution in [0.1, 0.15) is 44.6 Å². The third-order valence-electron chi connectivity index (χ3n) is 10.5. The Labute approximate surface area is 225 Å². The number of nitrogens with zero attached hydrogens (tertiary/aromatic N) is 2. The number of hydrogen-bond acceptors (Lipinski definition) is 5. The number of pyridine rings is 1. The Bertz CT molecular complexity index is 1480. The lowest BCUT2D eigenvalue weighted by Gasteiger charge is -2.57. The summed E-state index contributed by atoms with van der Waals surface area (Å²) in [5, 5.41) is 24.0. The van der Waals surface area contributed by atoms with Gasteiger partial charge in [0.2, 0.25) is 0 Å². The minimum atomic E-state index is -4.55. The third-order valence-corrected chi connectivity index (χ3v) is 10.5. The largest absolute Gasteiger partial charge is 0.413 e. The van der Waals surface area contributed by atoms with Crippen LogP contribution in [0.2, 0.25) is 0 Å². The molecule has 5 aliphatic rings. The topological polar surface area (TPSA) is 65.8 Å². The summed E-state index contributed by atoms with van der Waals surface area (Å²) in [4.78, 5) is 6.10. The Kier molecular flexibility index (Phi) is 5.24. The van der Waals surface area contributed by atoms with E-state index in [1.807, 2.05) is 50.2 Å². The highest BCUT2D eigenvalue weighted by Gasteiger charge is 2.69. The summed E-state index contributed by atoms with van der Waals surface area (Å²) in [7, 11) is 3.69. The fraction of sp³-hybridized carbons (Fsp3) is 0.516. The first-order chi connectivity index (χ1) is 18.4. The summed E-state index contributed by atoms with van der Waals surface area (Å²) >= 11 is 0. The highest BCUT2D eigenvalue weighted by molar-refractivity contribution is 5.87. The van der Waals surface area contributed by atoms with E-state index >= 15 is 0 Å². The molecule has 1 aromatic carbocycles. The van der Waals surface area contributed by atoms with Gasteiger partial charge in [0.1, 0.15) is 6.10 Å². The number of allylic oxidation sites excluding steroid dienone is 3. The molecular formula is C31H33F3N2O3. The van der Waals surface area contributed by atoms with Crippen LogP contribution < -0.4 is 0 Å². The molecule has 2 spiro atoms. The molecule has 1 saturated heterocycles. The van der Waals surface area contributed by atoms with Crippen LogP contribution in [-0.2, 0) is 4.74 Å². The number of hydrogen-bond donors (Lipinski definition) is 2. The van der Waals surface area contributed by atoms with Crippen LogP contribution in [0.25, 0.3) is 16.3 Å². The normalized spacial score (nSPS) is 39.4. The molecule has 0 amide bonds. The van der Waals surface area contributed by atoms with Crippen LogP contribution >= 0.6 is 0 Å². The van der Waals surface area contributed by atoms with E-state index in [9.17, 15) is 23.4 Å². The van der Waals surface area contributed by atoms with Crippen molar-refractivity contribution in [3.05, 3.63) is 71.1 Å². The van der Waals surface area contributed by atoms with Gasteiger partial charge in [0.05, 0.1) is 17.3 Å². The molecule has 8 heteroatoms. The van der Waals surface area contributed by atoms with Crippen LogP contribution in [0.4, 0.5) is 13.2 Å². The first kappa shape index (κ1) is 25.4. The fourth-order valence-electron chi connectivity index (χ4n) is 8.63. The van der Waals surface area contributed by atoms with Gasteiger partial charge >= 0.3 is 6.18 Å². The number of fused-ring (bicyclic) bond motifs is 2. The lowest BCUT2D eigenvalue weighted by atomic mass is 9.56. The van der Waals surface area contributed by atoms with Gasteiger partial charge in [-0.2, -0.15) is 13.2 Å². The number of halogens is 3. The van der Waals surface area contributed by atoms with Crippen molar-refractivity contribution in [2.24, 2.45) is 11.3 Å². The number of aliphatic hydroxyl groups is 2. The number of likely N-dealkylation sites (N-methyl/N-ethyl adjacent to an activating group) is 1. The summed E-state index contributed by atoms with van der Waals surface area (Å²) in [5.74, 6) is -0.176. The van der Waals surface area contributed by atoms with E-state index in [2.05, 4.69) is 11.1 Å². The van der Waals surface area contributed by atoms with Gasteiger partial charge in [-0.1, -0.05) is 31.2 Å². The Morgan fingerprint density at radius 2 is 1.90 bits per heavy atom. The summed E-state index contributed by atoms with van der Waals surface area (Å²) in [6.45, 7) is 1.97. The lowest BCUT2D eigenvalue weighted by Crippen LogP contribution is -2.62. The molecule has 7 atom stereocenters. The van der Waals surface area contributed by atoms with E-state index in [-0.39, 0.29) is 24.0 Å². The van der Waals surface area contributed by atoms with E-state index in [0.717, 1.165) is 21.9 Å². The number of rotatable bonds is 2. The van der Waals surface area contributed by atoms with Gasteiger partial charge in [-0.15, -0.1) is 0 Å². The SMILES string of the molecule is CN(C)[C@H]1C[C@@]23CC[C@@]4(O2)C(=C(C(F)(F)F)C[C@]2(C)C(c5ccc6ccncc6c5)=CCC24)C=C3[C@@H](O)[C@@H]1O. The van der Waals surface area contributed by atoms with Gasteiger partial charge in [-0.3, -0.25) is 4.98 Å². The highest BCUT2D eigenvalue weighted by atomic mass is 19.4. The minimum absolute atomic E-state index is 0.158. The molecule has 7 rings (SSSR count). The number of alkyl halides is 3. The molecule has 2 aliphatic heterocycles. The number of ether oxygens (including phenoxy) is 1. The molecular weight excluding hydrogens is 505 g/mol. The van der Waals surface area contributed by atoms with Crippen molar-refractivity contribution in [3.63, 3.8) is 0 Å². The third kappa shape index (κ3) is 3.32. The van der Waals surface area contributed by atoms with E-state index < -0.39 is 40.6 Å². The van der Waals surface area contributed by atoms with E-state index in [0.29, 0.717) is 31.3 Å². The van der Waals surface area contributed by atoms with Gasteiger partial charge in [0.15, 0.2) is 0 Å². The zero-order valence-electron chi connectivity index (χ0n) is 22.3. The second-order valence-corrected chi connectivity index (χ2v) is 12.6. The van der Waals surface area contributed by atoms with Crippen molar-refractivity contribution < 1.29 is 28.1 Å². The standard InChI is InChI=1S/C31H33F3N2O3/c1-28-14-23(31(32,33)34)21-13-22-26(37)27(38)24(36(2)3)15-29(22)9-10-30(21,39-29)25(28)7-6-20(28)18-5-4-17-8-11-35-16-19(17)12-18/h4-6,8,11-13,16,24-27,37-38H,7,9-10,14-15H2,1-3H3/t24-,25?,26+,27+,28+,29+,30+/m0/s1. The zero-order chi connectivity index (χ0) is 27.5. The summed E-state index contributed by atoms with van der Waals surface area (Å²) in [6.07, 6.45) is 2.14. The zero-order valence-corrected chi connectivity index (χ0v) is 22.3. The van der Waals surface area contributed by atoms with Gasteiger partial charge in [-0.05, 0) is 86.0 Å².